The summed E-state index contributed by atoms with van der Waals surface area (Å²) in [5.74, 6) is 0. The van der Waals surface area contributed by atoms with Gasteiger partial charge in [-0.15, -0.1) is 0 Å². The van der Waals surface area contributed by atoms with Gasteiger partial charge in [-0.3, -0.25) is 0 Å². The van der Waals surface area contributed by atoms with Crippen molar-refractivity contribution in [1.29, 1.82) is 0 Å². The second-order valence-electron chi connectivity index (χ2n) is 3.09. The minimum absolute atomic E-state index is 0.400. The summed E-state index contributed by atoms with van der Waals surface area (Å²) in [6, 6.07) is 3.45. The molecule has 0 bridgehead atoms. The van der Waals surface area contributed by atoms with E-state index >= 15 is 0 Å². The van der Waals surface area contributed by atoms with Gasteiger partial charge in [0.25, 0.3) is 0 Å². The van der Waals surface area contributed by atoms with Crippen LogP contribution in [0.3, 0.4) is 0 Å². The average molecular weight is 303 g/mol. The normalized spacial score (nSPS) is 14.0. The zero-order chi connectivity index (χ0) is 11.6. The molecule has 15 heavy (non-hydrogen) atoms. The van der Waals surface area contributed by atoms with Gasteiger partial charge in [0, 0.05) is 15.5 Å². The SMILES string of the molecule is NC(CC(F)(F)F)c1ccc(Cl)cc1Br. The van der Waals surface area contributed by atoms with Crippen molar-refractivity contribution in [3.8, 4) is 0 Å². The third-order valence-corrected chi connectivity index (χ3v) is 2.74. The molecule has 1 nitrogen and oxygen atoms in total. The first-order valence-electron chi connectivity index (χ1n) is 4.07. The molecule has 1 atom stereocenters. The van der Waals surface area contributed by atoms with E-state index in [2.05, 4.69) is 15.9 Å². The van der Waals surface area contributed by atoms with Gasteiger partial charge in [0.1, 0.15) is 0 Å². The fourth-order valence-corrected chi connectivity index (χ4v) is 2.14. The zero-order valence-corrected chi connectivity index (χ0v) is 9.83. The van der Waals surface area contributed by atoms with E-state index in [9.17, 15) is 13.2 Å². The summed E-state index contributed by atoms with van der Waals surface area (Å²) < 4.78 is 36.7. The third kappa shape index (κ3) is 4.01. The number of hydrogen-bond acceptors (Lipinski definition) is 1. The van der Waals surface area contributed by atoms with Crippen LogP contribution in [-0.2, 0) is 0 Å². The highest BCUT2D eigenvalue weighted by molar-refractivity contribution is 9.10. The lowest BCUT2D eigenvalue weighted by Crippen LogP contribution is -2.20. The third-order valence-electron chi connectivity index (χ3n) is 1.81. The highest BCUT2D eigenvalue weighted by Gasteiger charge is 2.31. The van der Waals surface area contributed by atoms with Gasteiger partial charge in [-0.1, -0.05) is 33.6 Å². The molecular weight excluding hydrogens is 294 g/mol. The number of nitrogens with two attached hydrogens (primary N) is 1. The van der Waals surface area contributed by atoms with Crippen LogP contribution in [0.4, 0.5) is 13.2 Å². The fraction of sp³-hybridized carbons (Fsp3) is 0.333. The molecule has 6 heteroatoms. The van der Waals surface area contributed by atoms with Crippen LogP contribution in [0, 0.1) is 0 Å². The first kappa shape index (κ1) is 12.8. The maximum atomic E-state index is 12.1. The van der Waals surface area contributed by atoms with Crippen molar-refractivity contribution in [2.45, 2.75) is 18.6 Å². The van der Waals surface area contributed by atoms with E-state index in [4.69, 9.17) is 17.3 Å². The Morgan fingerprint density at radius 2 is 2.00 bits per heavy atom. The van der Waals surface area contributed by atoms with Gasteiger partial charge in [-0.05, 0) is 17.7 Å². The molecule has 0 radical (unpaired) electrons. The van der Waals surface area contributed by atoms with Crippen molar-refractivity contribution in [3.63, 3.8) is 0 Å². The van der Waals surface area contributed by atoms with Crippen molar-refractivity contribution in [1.82, 2.24) is 0 Å². The Bertz CT molecular complexity index is 354. The molecule has 0 aliphatic carbocycles. The minimum atomic E-state index is -4.27. The highest BCUT2D eigenvalue weighted by atomic mass is 79.9. The molecule has 1 aromatic carbocycles. The summed E-state index contributed by atoms with van der Waals surface area (Å²) in [5.41, 5.74) is 5.84. The summed E-state index contributed by atoms with van der Waals surface area (Å²) >= 11 is 8.79. The van der Waals surface area contributed by atoms with Gasteiger partial charge < -0.3 is 5.73 Å². The number of benzene rings is 1. The number of alkyl halides is 3. The predicted molar refractivity (Wildman–Crippen MR) is 56.8 cm³/mol. The second kappa shape index (κ2) is 4.72. The molecule has 1 aromatic rings. The molecule has 0 saturated carbocycles. The van der Waals surface area contributed by atoms with E-state index in [1.807, 2.05) is 0 Å². The largest absolute Gasteiger partial charge is 0.390 e. The van der Waals surface area contributed by atoms with Crippen LogP contribution in [-0.4, -0.2) is 6.18 Å². The average Bonchev–Trinajstić information content (AvgIpc) is 1.99. The zero-order valence-electron chi connectivity index (χ0n) is 7.48. The summed E-state index contributed by atoms with van der Waals surface area (Å²) in [7, 11) is 0. The van der Waals surface area contributed by atoms with Crippen molar-refractivity contribution >= 4 is 27.5 Å². The van der Waals surface area contributed by atoms with Crippen LogP contribution in [0.5, 0.6) is 0 Å². The van der Waals surface area contributed by atoms with Crippen LogP contribution in [0.25, 0.3) is 0 Å². The Kier molecular flexibility index (Phi) is 4.03. The minimum Gasteiger partial charge on any atom is -0.324 e. The maximum absolute atomic E-state index is 12.1. The molecule has 1 rings (SSSR count). The van der Waals surface area contributed by atoms with Crippen LogP contribution in [0.15, 0.2) is 22.7 Å². The van der Waals surface area contributed by atoms with Crippen molar-refractivity contribution in [2.24, 2.45) is 5.73 Å². The smallest absolute Gasteiger partial charge is 0.324 e. The van der Waals surface area contributed by atoms with Gasteiger partial charge >= 0.3 is 6.18 Å². The Morgan fingerprint density at radius 3 is 2.47 bits per heavy atom. The van der Waals surface area contributed by atoms with E-state index in [0.717, 1.165) is 0 Å². The lowest BCUT2D eigenvalue weighted by atomic mass is 10.0. The topological polar surface area (TPSA) is 26.0 Å². The van der Waals surface area contributed by atoms with Gasteiger partial charge in [-0.25, -0.2) is 0 Å². The molecule has 0 aliphatic heterocycles. The fourth-order valence-electron chi connectivity index (χ4n) is 1.16. The molecular formula is C9H8BrClF3N. The first-order chi connectivity index (χ1) is 6.79. The summed E-state index contributed by atoms with van der Waals surface area (Å²) in [5, 5.41) is 0.449. The van der Waals surface area contributed by atoms with Crippen LogP contribution < -0.4 is 5.73 Å². The first-order valence-corrected chi connectivity index (χ1v) is 5.24. The van der Waals surface area contributed by atoms with Gasteiger partial charge in [-0.2, -0.15) is 13.2 Å². The van der Waals surface area contributed by atoms with Gasteiger partial charge in [0.2, 0.25) is 0 Å². The van der Waals surface area contributed by atoms with E-state index in [1.165, 1.54) is 18.2 Å². The van der Waals surface area contributed by atoms with Gasteiger partial charge in [0.05, 0.1) is 6.42 Å². The van der Waals surface area contributed by atoms with Crippen LogP contribution >= 0.6 is 27.5 Å². The quantitative estimate of drug-likeness (QED) is 0.876. The van der Waals surface area contributed by atoms with Crippen LogP contribution in [0.2, 0.25) is 5.02 Å². The van der Waals surface area contributed by atoms with E-state index in [0.29, 0.717) is 15.1 Å². The summed E-state index contributed by atoms with van der Waals surface area (Å²) in [6.07, 6.45) is -5.31. The molecule has 0 aromatic heterocycles. The summed E-state index contributed by atoms with van der Waals surface area (Å²) in [6.45, 7) is 0. The van der Waals surface area contributed by atoms with E-state index in [1.54, 1.807) is 0 Å². The monoisotopic (exact) mass is 301 g/mol. The van der Waals surface area contributed by atoms with E-state index < -0.39 is 18.6 Å². The Labute approximate surface area is 98.5 Å². The molecule has 2 N–H and O–H groups in total. The molecule has 0 spiro atoms. The van der Waals surface area contributed by atoms with Crippen LogP contribution in [0.1, 0.15) is 18.0 Å². The van der Waals surface area contributed by atoms with E-state index in [-0.39, 0.29) is 0 Å². The summed E-state index contributed by atoms with van der Waals surface area (Å²) in [4.78, 5) is 0. The molecule has 1 unspecified atom stereocenters. The molecule has 0 saturated heterocycles. The van der Waals surface area contributed by atoms with Crippen molar-refractivity contribution in [3.05, 3.63) is 33.3 Å². The molecule has 0 heterocycles. The number of hydrogen-bond donors (Lipinski definition) is 1. The molecule has 0 amide bonds. The number of halogens is 5. The highest BCUT2D eigenvalue weighted by Crippen LogP contribution is 2.32. The lowest BCUT2D eigenvalue weighted by Gasteiger charge is -2.15. The lowest BCUT2D eigenvalue weighted by molar-refractivity contribution is -0.138. The number of rotatable bonds is 2. The Balaban J connectivity index is 2.87. The maximum Gasteiger partial charge on any atom is 0.390 e. The second-order valence-corrected chi connectivity index (χ2v) is 4.38. The standard InChI is InChI=1S/C9H8BrClF3N/c10-7-3-5(11)1-2-6(7)8(15)4-9(12,13)14/h1-3,8H,4,15H2. The Hall–Kier alpha value is -0.260. The van der Waals surface area contributed by atoms with Crippen molar-refractivity contribution in [2.75, 3.05) is 0 Å². The molecule has 84 valence electrons. The van der Waals surface area contributed by atoms with Crippen molar-refractivity contribution < 1.29 is 13.2 Å². The molecule has 0 fully saturated rings. The molecule has 0 aliphatic rings. The predicted octanol–water partition coefficient (Wildman–Crippen LogP) is 4.05. The van der Waals surface area contributed by atoms with Gasteiger partial charge in [0.15, 0.2) is 0 Å². The Morgan fingerprint density at radius 1 is 1.40 bits per heavy atom.